The van der Waals surface area contributed by atoms with Crippen molar-refractivity contribution in [3.8, 4) is 5.88 Å². The average Bonchev–Trinajstić information content (AvgIpc) is 2.48. The lowest BCUT2D eigenvalue weighted by atomic mass is 10.1. The summed E-state index contributed by atoms with van der Waals surface area (Å²) in [5.41, 5.74) is 1.19. The highest BCUT2D eigenvalue weighted by Crippen LogP contribution is 2.14. The molecule has 0 amide bonds. The zero-order valence-electron chi connectivity index (χ0n) is 11.7. The van der Waals surface area contributed by atoms with E-state index in [1.807, 2.05) is 12.3 Å². The Labute approximate surface area is 115 Å². The van der Waals surface area contributed by atoms with E-state index in [2.05, 4.69) is 23.3 Å². The highest BCUT2D eigenvalue weighted by atomic mass is 16.5. The van der Waals surface area contributed by atoms with Gasteiger partial charge in [0.25, 0.3) is 0 Å². The normalized spacial score (nSPS) is 19.3. The maximum Gasteiger partial charge on any atom is 0.213 e. The van der Waals surface area contributed by atoms with E-state index in [-0.39, 0.29) is 6.10 Å². The SMILES string of the molecule is CCCNCc1ccc(OCC2CCCCO2)nc1. The molecule has 1 unspecified atom stereocenters. The molecule has 1 aliphatic heterocycles. The molecule has 4 heteroatoms. The zero-order chi connectivity index (χ0) is 13.3. The van der Waals surface area contributed by atoms with E-state index in [1.165, 1.54) is 18.4 Å². The smallest absolute Gasteiger partial charge is 0.213 e. The summed E-state index contributed by atoms with van der Waals surface area (Å²) in [5.74, 6) is 0.688. The largest absolute Gasteiger partial charge is 0.475 e. The first-order chi connectivity index (χ1) is 9.38. The van der Waals surface area contributed by atoms with Gasteiger partial charge in [-0.05, 0) is 37.8 Å². The highest BCUT2D eigenvalue weighted by molar-refractivity contribution is 5.17. The van der Waals surface area contributed by atoms with E-state index in [4.69, 9.17) is 9.47 Å². The number of nitrogens with zero attached hydrogens (tertiary/aromatic N) is 1. The minimum Gasteiger partial charge on any atom is -0.475 e. The molecular weight excluding hydrogens is 240 g/mol. The fraction of sp³-hybridized carbons (Fsp3) is 0.667. The molecule has 2 heterocycles. The van der Waals surface area contributed by atoms with Crippen LogP contribution in [0.25, 0.3) is 0 Å². The van der Waals surface area contributed by atoms with Crippen LogP contribution in [0.15, 0.2) is 18.3 Å². The number of aromatic nitrogens is 1. The molecule has 0 aromatic carbocycles. The molecule has 1 N–H and O–H groups in total. The summed E-state index contributed by atoms with van der Waals surface area (Å²) in [6, 6.07) is 4.00. The number of hydrogen-bond acceptors (Lipinski definition) is 4. The summed E-state index contributed by atoms with van der Waals surface area (Å²) < 4.78 is 11.3. The highest BCUT2D eigenvalue weighted by Gasteiger charge is 2.14. The van der Waals surface area contributed by atoms with E-state index in [1.54, 1.807) is 0 Å². The first-order valence-electron chi connectivity index (χ1n) is 7.28. The summed E-state index contributed by atoms with van der Waals surface area (Å²) in [5, 5.41) is 3.35. The van der Waals surface area contributed by atoms with E-state index < -0.39 is 0 Å². The number of rotatable bonds is 7. The summed E-state index contributed by atoms with van der Waals surface area (Å²) >= 11 is 0. The van der Waals surface area contributed by atoms with Crippen LogP contribution in [0.4, 0.5) is 0 Å². The molecule has 1 saturated heterocycles. The minimum atomic E-state index is 0.237. The van der Waals surface area contributed by atoms with E-state index >= 15 is 0 Å². The Kier molecular flexibility index (Phi) is 6.11. The van der Waals surface area contributed by atoms with Crippen molar-refractivity contribution >= 4 is 0 Å². The van der Waals surface area contributed by atoms with Gasteiger partial charge in [-0.1, -0.05) is 13.0 Å². The van der Waals surface area contributed by atoms with Crippen molar-refractivity contribution in [1.82, 2.24) is 10.3 Å². The summed E-state index contributed by atoms with van der Waals surface area (Å²) in [6.45, 7) is 5.55. The van der Waals surface area contributed by atoms with Gasteiger partial charge in [0.1, 0.15) is 6.61 Å². The molecule has 106 valence electrons. The lowest BCUT2D eigenvalue weighted by molar-refractivity contribution is -0.0119. The Hall–Kier alpha value is -1.13. The monoisotopic (exact) mass is 264 g/mol. The van der Waals surface area contributed by atoms with Crippen molar-refractivity contribution in [3.05, 3.63) is 23.9 Å². The molecule has 2 rings (SSSR count). The van der Waals surface area contributed by atoms with Crippen LogP contribution in [0.1, 0.15) is 38.2 Å². The van der Waals surface area contributed by atoms with Crippen molar-refractivity contribution in [2.45, 2.75) is 45.3 Å². The molecule has 4 nitrogen and oxygen atoms in total. The van der Waals surface area contributed by atoms with Crippen LogP contribution in [0, 0.1) is 0 Å². The maximum absolute atomic E-state index is 5.67. The predicted octanol–water partition coefficient (Wildman–Crippen LogP) is 2.53. The van der Waals surface area contributed by atoms with Gasteiger partial charge in [-0.2, -0.15) is 0 Å². The van der Waals surface area contributed by atoms with Gasteiger partial charge in [0.15, 0.2) is 0 Å². The molecule has 1 atom stereocenters. The first kappa shape index (κ1) is 14.3. The van der Waals surface area contributed by atoms with Crippen LogP contribution in [0.2, 0.25) is 0 Å². The van der Waals surface area contributed by atoms with Crippen LogP contribution in [-0.2, 0) is 11.3 Å². The van der Waals surface area contributed by atoms with Gasteiger partial charge in [-0.3, -0.25) is 0 Å². The van der Waals surface area contributed by atoms with E-state index in [0.29, 0.717) is 12.5 Å². The quantitative estimate of drug-likeness (QED) is 0.769. The fourth-order valence-corrected chi connectivity index (χ4v) is 2.13. The van der Waals surface area contributed by atoms with Gasteiger partial charge in [0.05, 0.1) is 6.10 Å². The lowest BCUT2D eigenvalue weighted by Gasteiger charge is -2.22. The van der Waals surface area contributed by atoms with Gasteiger partial charge < -0.3 is 14.8 Å². The van der Waals surface area contributed by atoms with Crippen molar-refractivity contribution in [2.24, 2.45) is 0 Å². The van der Waals surface area contributed by atoms with Gasteiger partial charge in [0.2, 0.25) is 5.88 Å². The Bertz CT molecular complexity index is 348. The molecule has 0 spiro atoms. The van der Waals surface area contributed by atoms with Gasteiger partial charge in [-0.15, -0.1) is 0 Å². The fourth-order valence-electron chi connectivity index (χ4n) is 2.13. The van der Waals surface area contributed by atoms with E-state index in [9.17, 15) is 0 Å². The van der Waals surface area contributed by atoms with Gasteiger partial charge in [0, 0.05) is 25.4 Å². The molecule has 0 saturated carbocycles. The van der Waals surface area contributed by atoms with Gasteiger partial charge in [-0.25, -0.2) is 4.98 Å². The molecule has 0 aliphatic carbocycles. The van der Waals surface area contributed by atoms with Crippen LogP contribution >= 0.6 is 0 Å². The Morgan fingerprint density at radius 2 is 2.37 bits per heavy atom. The molecule has 1 aromatic rings. The topological polar surface area (TPSA) is 43.4 Å². The molecule has 19 heavy (non-hydrogen) atoms. The summed E-state index contributed by atoms with van der Waals surface area (Å²) in [4.78, 5) is 4.32. The second-order valence-corrected chi connectivity index (χ2v) is 4.98. The number of hydrogen-bond donors (Lipinski definition) is 1. The summed E-state index contributed by atoms with van der Waals surface area (Å²) in [7, 11) is 0. The van der Waals surface area contributed by atoms with Crippen LogP contribution in [0.3, 0.4) is 0 Å². The standard InChI is InChI=1S/C15H24N2O2/c1-2-8-16-10-13-6-7-15(17-11-13)19-12-14-5-3-4-9-18-14/h6-7,11,14,16H,2-5,8-10,12H2,1H3. The Morgan fingerprint density at radius 1 is 1.42 bits per heavy atom. The van der Waals surface area contributed by atoms with Crippen LogP contribution < -0.4 is 10.1 Å². The molecule has 1 fully saturated rings. The zero-order valence-corrected chi connectivity index (χ0v) is 11.7. The molecule has 1 aliphatic rings. The van der Waals surface area contributed by atoms with Crippen molar-refractivity contribution < 1.29 is 9.47 Å². The second-order valence-electron chi connectivity index (χ2n) is 4.98. The number of ether oxygens (including phenoxy) is 2. The molecule has 0 bridgehead atoms. The third kappa shape index (κ3) is 5.17. The first-order valence-corrected chi connectivity index (χ1v) is 7.28. The van der Waals surface area contributed by atoms with Crippen molar-refractivity contribution in [2.75, 3.05) is 19.8 Å². The van der Waals surface area contributed by atoms with E-state index in [0.717, 1.165) is 32.5 Å². The van der Waals surface area contributed by atoms with Crippen LogP contribution in [-0.4, -0.2) is 30.8 Å². The Morgan fingerprint density at radius 3 is 3.05 bits per heavy atom. The average molecular weight is 264 g/mol. The minimum absolute atomic E-state index is 0.237. The predicted molar refractivity (Wildman–Crippen MR) is 75.3 cm³/mol. The lowest BCUT2D eigenvalue weighted by Crippen LogP contribution is -2.26. The third-order valence-electron chi connectivity index (χ3n) is 3.24. The summed E-state index contributed by atoms with van der Waals surface area (Å²) in [6.07, 6.45) is 6.77. The van der Waals surface area contributed by atoms with Gasteiger partial charge >= 0.3 is 0 Å². The van der Waals surface area contributed by atoms with Crippen LogP contribution in [0.5, 0.6) is 5.88 Å². The van der Waals surface area contributed by atoms with Crippen molar-refractivity contribution in [3.63, 3.8) is 0 Å². The third-order valence-corrected chi connectivity index (χ3v) is 3.24. The number of nitrogens with one attached hydrogen (secondary N) is 1. The molecular formula is C15H24N2O2. The number of pyridine rings is 1. The second kappa shape index (κ2) is 8.12. The molecule has 0 radical (unpaired) electrons. The van der Waals surface area contributed by atoms with Crippen molar-refractivity contribution in [1.29, 1.82) is 0 Å². The Balaban J connectivity index is 1.71. The molecule has 1 aromatic heterocycles. The maximum atomic E-state index is 5.67.